The van der Waals surface area contributed by atoms with Crippen molar-refractivity contribution in [1.29, 1.82) is 0 Å². The molecule has 15 heavy (non-hydrogen) atoms. The van der Waals surface area contributed by atoms with E-state index < -0.39 is 7.37 Å². The van der Waals surface area contributed by atoms with E-state index in [9.17, 15) is 9.46 Å². The molecule has 0 heterocycles. The Kier molecular flexibility index (Phi) is 3.48. The van der Waals surface area contributed by atoms with Crippen molar-refractivity contribution >= 4 is 7.37 Å². The van der Waals surface area contributed by atoms with Gasteiger partial charge in [-0.25, -0.2) is 0 Å². The molecule has 0 aromatic carbocycles. The van der Waals surface area contributed by atoms with Gasteiger partial charge in [0.05, 0.1) is 11.3 Å². The van der Waals surface area contributed by atoms with Gasteiger partial charge in [-0.3, -0.25) is 4.57 Å². The molecule has 0 fully saturated rings. The second-order valence-corrected chi connectivity index (χ2v) is 7.20. The predicted molar refractivity (Wildman–Crippen MR) is 63.4 cm³/mol. The fourth-order valence-corrected chi connectivity index (χ4v) is 4.78. The summed E-state index contributed by atoms with van der Waals surface area (Å²) in [5.41, 5.74) is -0.169. The van der Waals surface area contributed by atoms with Crippen LogP contribution in [0.15, 0.2) is 24.3 Å². The van der Waals surface area contributed by atoms with E-state index in [2.05, 4.69) is 12.2 Å². The van der Waals surface area contributed by atoms with Gasteiger partial charge < -0.3 is 4.89 Å². The minimum atomic E-state index is -3.02. The summed E-state index contributed by atoms with van der Waals surface area (Å²) in [4.78, 5) is 10.2. The molecule has 2 nitrogen and oxygen atoms in total. The van der Waals surface area contributed by atoms with E-state index in [1.54, 1.807) is 0 Å². The molecule has 0 radical (unpaired) electrons. The molecular formula is C12H19O2P. The molecule has 2 atom stereocenters. The third kappa shape index (κ3) is 2.43. The third-order valence-electron chi connectivity index (χ3n) is 3.41. The van der Waals surface area contributed by atoms with Crippen LogP contribution in [-0.4, -0.2) is 16.2 Å². The minimum Gasteiger partial charge on any atom is -0.343 e. The van der Waals surface area contributed by atoms with Gasteiger partial charge in [0.15, 0.2) is 0 Å². The highest BCUT2D eigenvalue weighted by Gasteiger charge is 2.36. The number of hydrogen-bond acceptors (Lipinski definition) is 1. The van der Waals surface area contributed by atoms with Gasteiger partial charge in [0, 0.05) is 0 Å². The maximum atomic E-state index is 12.4. The first-order valence-corrected chi connectivity index (χ1v) is 7.66. The Labute approximate surface area is 91.5 Å². The van der Waals surface area contributed by atoms with Crippen LogP contribution in [-0.2, 0) is 4.57 Å². The highest BCUT2D eigenvalue weighted by Crippen LogP contribution is 2.56. The van der Waals surface area contributed by atoms with Crippen LogP contribution in [0.4, 0.5) is 0 Å². The molecule has 2 unspecified atom stereocenters. The van der Waals surface area contributed by atoms with Gasteiger partial charge in [-0.1, -0.05) is 24.3 Å². The quantitative estimate of drug-likeness (QED) is 0.578. The molecule has 0 amide bonds. The molecular weight excluding hydrogens is 207 g/mol. The summed E-state index contributed by atoms with van der Waals surface area (Å²) in [7, 11) is -3.02. The Balaban J connectivity index is 2.13. The van der Waals surface area contributed by atoms with Crippen molar-refractivity contribution in [3.63, 3.8) is 0 Å². The van der Waals surface area contributed by atoms with Gasteiger partial charge in [0.1, 0.15) is 0 Å². The first kappa shape index (κ1) is 11.2. The second kappa shape index (κ2) is 4.67. The largest absolute Gasteiger partial charge is 0.343 e. The van der Waals surface area contributed by atoms with Crippen LogP contribution < -0.4 is 0 Å². The molecule has 0 spiro atoms. The Morgan fingerprint density at radius 3 is 1.80 bits per heavy atom. The Morgan fingerprint density at radius 1 is 1.00 bits per heavy atom. The number of allylic oxidation sites excluding steroid dienone is 4. The SMILES string of the molecule is O=P(O)(C1C=CCCC1)C1C=CCCC1. The van der Waals surface area contributed by atoms with Gasteiger partial charge in [-0.15, -0.1) is 0 Å². The van der Waals surface area contributed by atoms with E-state index in [1.165, 1.54) is 0 Å². The lowest BCUT2D eigenvalue weighted by Crippen LogP contribution is -2.18. The highest BCUT2D eigenvalue weighted by molar-refractivity contribution is 7.60. The fourth-order valence-electron chi connectivity index (χ4n) is 2.45. The second-order valence-electron chi connectivity index (χ2n) is 4.53. The summed E-state index contributed by atoms with van der Waals surface area (Å²) in [6.45, 7) is 0. The maximum absolute atomic E-state index is 12.4. The summed E-state index contributed by atoms with van der Waals surface area (Å²) in [5, 5.41) is 0. The summed E-state index contributed by atoms with van der Waals surface area (Å²) < 4.78 is 12.4. The van der Waals surface area contributed by atoms with Crippen LogP contribution in [0, 0.1) is 0 Å². The van der Waals surface area contributed by atoms with Crippen molar-refractivity contribution in [2.75, 3.05) is 0 Å². The normalized spacial score (nSPS) is 35.0. The smallest absolute Gasteiger partial charge is 0.213 e. The van der Waals surface area contributed by atoms with E-state index in [1.807, 2.05) is 12.2 Å². The van der Waals surface area contributed by atoms with Gasteiger partial charge in [0.25, 0.3) is 0 Å². The summed E-state index contributed by atoms with van der Waals surface area (Å²) >= 11 is 0. The predicted octanol–water partition coefficient (Wildman–Crippen LogP) is 3.47. The molecule has 3 heteroatoms. The summed E-state index contributed by atoms with van der Waals surface area (Å²) in [6.07, 6.45) is 14.1. The summed E-state index contributed by atoms with van der Waals surface area (Å²) in [6, 6.07) is 0. The lowest BCUT2D eigenvalue weighted by molar-refractivity contribution is 0.449. The van der Waals surface area contributed by atoms with E-state index in [-0.39, 0.29) is 11.3 Å². The lowest BCUT2D eigenvalue weighted by Gasteiger charge is -2.29. The van der Waals surface area contributed by atoms with Gasteiger partial charge in [-0.05, 0) is 38.5 Å². The molecule has 0 aliphatic heterocycles. The first-order chi connectivity index (χ1) is 7.21. The fraction of sp³-hybridized carbons (Fsp3) is 0.667. The molecule has 1 N–H and O–H groups in total. The molecule has 2 rings (SSSR count). The van der Waals surface area contributed by atoms with Crippen LogP contribution in [0.1, 0.15) is 38.5 Å². The molecule has 0 bridgehead atoms. The molecule has 2 aliphatic rings. The average Bonchev–Trinajstić information content (AvgIpc) is 2.31. The molecule has 84 valence electrons. The molecule has 0 saturated carbocycles. The van der Waals surface area contributed by atoms with Crippen molar-refractivity contribution in [1.82, 2.24) is 0 Å². The molecule has 0 aromatic heterocycles. The average molecular weight is 226 g/mol. The van der Waals surface area contributed by atoms with Crippen LogP contribution in [0.25, 0.3) is 0 Å². The summed E-state index contributed by atoms with van der Waals surface area (Å²) in [5.74, 6) is 0. The third-order valence-corrected chi connectivity index (χ3v) is 6.17. The van der Waals surface area contributed by atoms with E-state index >= 15 is 0 Å². The number of hydrogen-bond donors (Lipinski definition) is 1. The van der Waals surface area contributed by atoms with Crippen LogP contribution in [0.3, 0.4) is 0 Å². The van der Waals surface area contributed by atoms with Crippen LogP contribution in [0.5, 0.6) is 0 Å². The van der Waals surface area contributed by atoms with Crippen molar-refractivity contribution in [3.8, 4) is 0 Å². The van der Waals surface area contributed by atoms with Crippen LogP contribution >= 0.6 is 7.37 Å². The standard InChI is InChI=1S/C12H19O2P/c13-15(14,11-7-3-1-4-8-11)12-9-5-2-6-10-12/h3,5,7,9,11-12H,1-2,4,6,8,10H2,(H,13,14). The Morgan fingerprint density at radius 2 is 1.47 bits per heavy atom. The highest BCUT2D eigenvalue weighted by atomic mass is 31.2. The number of rotatable bonds is 2. The van der Waals surface area contributed by atoms with Crippen molar-refractivity contribution in [3.05, 3.63) is 24.3 Å². The van der Waals surface area contributed by atoms with E-state index in [4.69, 9.17) is 0 Å². The van der Waals surface area contributed by atoms with Crippen molar-refractivity contribution in [2.45, 2.75) is 49.8 Å². The van der Waals surface area contributed by atoms with Gasteiger partial charge >= 0.3 is 0 Å². The maximum Gasteiger partial charge on any atom is 0.213 e. The topological polar surface area (TPSA) is 37.3 Å². The van der Waals surface area contributed by atoms with Gasteiger partial charge in [-0.2, -0.15) is 0 Å². The Bertz CT molecular complexity index is 292. The molecule has 0 aromatic rings. The zero-order chi connectivity index (χ0) is 10.7. The zero-order valence-electron chi connectivity index (χ0n) is 9.01. The minimum absolute atomic E-state index is 0.0843. The van der Waals surface area contributed by atoms with Crippen molar-refractivity contribution in [2.24, 2.45) is 0 Å². The van der Waals surface area contributed by atoms with Gasteiger partial charge in [0.2, 0.25) is 7.37 Å². The molecule has 2 aliphatic carbocycles. The molecule has 0 saturated heterocycles. The van der Waals surface area contributed by atoms with E-state index in [0.717, 1.165) is 38.5 Å². The zero-order valence-corrected chi connectivity index (χ0v) is 9.90. The first-order valence-electron chi connectivity index (χ1n) is 5.87. The lowest BCUT2D eigenvalue weighted by atomic mass is 10.1. The monoisotopic (exact) mass is 226 g/mol. The Hall–Kier alpha value is -0.330. The van der Waals surface area contributed by atoms with E-state index in [0.29, 0.717) is 0 Å². The van der Waals surface area contributed by atoms with Crippen molar-refractivity contribution < 1.29 is 9.46 Å². The van der Waals surface area contributed by atoms with Crippen LogP contribution in [0.2, 0.25) is 0 Å².